The van der Waals surface area contributed by atoms with Crippen LogP contribution in [0.5, 0.6) is 5.75 Å². The number of hydrogen-bond donors (Lipinski definition) is 1. The second-order valence-corrected chi connectivity index (χ2v) is 6.04. The van der Waals surface area contributed by atoms with Crippen LogP contribution in [0.15, 0.2) is 60.7 Å². The molecule has 0 atom stereocenters. The fourth-order valence-corrected chi connectivity index (χ4v) is 2.79. The van der Waals surface area contributed by atoms with Gasteiger partial charge in [-0.1, -0.05) is 30.3 Å². The van der Waals surface area contributed by atoms with Crippen molar-refractivity contribution in [2.45, 2.75) is 13.3 Å². The van der Waals surface area contributed by atoms with Gasteiger partial charge in [-0.25, -0.2) is 4.98 Å². The first-order valence-electron chi connectivity index (χ1n) is 8.39. The van der Waals surface area contributed by atoms with Crippen LogP contribution >= 0.6 is 0 Å². The maximum Gasteiger partial charge on any atom is 0.254 e. The van der Waals surface area contributed by atoms with Crippen LogP contribution in [0.1, 0.15) is 17.1 Å². The predicted octanol–water partition coefficient (Wildman–Crippen LogP) is 3.78. The van der Waals surface area contributed by atoms with Crippen molar-refractivity contribution in [3.63, 3.8) is 0 Å². The predicted molar refractivity (Wildman–Crippen MR) is 101 cm³/mol. The smallest absolute Gasteiger partial charge is 0.254 e. The molecular formula is C20H19N5O. The molecule has 2 aromatic heterocycles. The van der Waals surface area contributed by atoms with Crippen molar-refractivity contribution in [1.29, 1.82) is 0 Å². The molecule has 0 aliphatic heterocycles. The summed E-state index contributed by atoms with van der Waals surface area (Å²) in [5.41, 5.74) is 3.00. The molecule has 0 saturated carbocycles. The number of nitrogens with one attached hydrogen (secondary N) is 1. The van der Waals surface area contributed by atoms with Gasteiger partial charge in [-0.15, -0.1) is 5.10 Å². The van der Waals surface area contributed by atoms with Gasteiger partial charge in [0.1, 0.15) is 11.6 Å². The van der Waals surface area contributed by atoms with Crippen molar-refractivity contribution in [2.24, 2.45) is 0 Å². The Morgan fingerprint density at radius 1 is 1.00 bits per heavy atom. The zero-order valence-corrected chi connectivity index (χ0v) is 14.7. The summed E-state index contributed by atoms with van der Waals surface area (Å²) in [5, 5.41) is 8.02. The molecule has 4 rings (SSSR count). The second-order valence-electron chi connectivity index (χ2n) is 6.04. The lowest BCUT2D eigenvalue weighted by molar-refractivity contribution is 0.415. The summed E-state index contributed by atoms with van der Waals surface area (Å²) < 4.78 is 6.95. The van der Waals surface area contributed by atoms with Gasteiger partial charge in [-0.2, -0.15) is 9.50 Å². The summed E-state index contributed by atoms with van der Waals surface area (Å²) in [6.45, 7) is 1.95. The number of aromatic nitrogens is 4. The van der Waals surface area contributed by atoms with Gasteiger partial charge in [0.2, 0.25) is 0 Å². The molecule has 4 aromatic rings. The monoisotopic (exact) mass is 345 g/mol. The van der Waals surface area contributed by atoms with Gasteiger partial charge in [0.15, 0.2) is 5.82 Å². The van der Waals surface area contributed by atoms with Crippen LogP contribution in [-0.2, 0) is 6.42 Å². The molecule has 1 N–H and O–H groups in total. The number of rotatable bonds is 5. The lowest BCUT2D eigenvalue weighted by atomic mass is 10.1. The number of benzene rings is 2. The van der Waals surface area contributed by atoms with Gasteiger partial charge < -0.3 is 10.1 Å². The molecule has 6 heteroatoms. The number of hydrogen-bond acceptors (Lipinski definition) is 5. The minimum absolute atomic E-state index is 0.590. The van der Waals surface area contributed by atoms with E-state index in [9.17, 15) is 0 Å². The van der Waals surface area contributed by atoms with Gasteiger partial charge >= 0.3 is 0 Å². The number of anilines is 2. The SMILES string of the molecule is COc1ccc(Nc2cc(C)nc3nc(Cc4ccccc4)nn23)cc1. The third kappa shape index (κ3) is 3.35. The summed E-state index contributed by atoms with van der Waals surface area (Å²) in [7, 11) is 1.65. The zero-order valence-electron chi connectivity index (χ0n) is 14.7. The molecular weight excluding hydrogens is 326 g/mol. The highest BCUT2D eigenvalue weighted by atomic mass is 16.5. The summed E-state index contributed by atoms with van der Waals surface area (Å²) in [6.07, 6.45) is 0.672. The summed E-state index contributed by atoms with van der Waals surface area (Å²) in [4.78, 5) is 9.08. The Bertz CT molecular complexity index is 1030. The van der Waals surface area contributed by atoms with Crippen LogP contribution in [0.2, 0.25) is 0 Å². The van der Waals surface area contributed by atoms with Crippen LogP contribution in [0.25, 0.3) is 5.78 Å². The standard InChI is InChI=1S/C20H19N5O/c1-14-12-19(22-16-8-10-17(26-2)11-9-16)25-20(21-14)23-18(24-25)13-15-6-4-3-5-7-15/h3-12,22H,13H2,1-2H3. The first-order valence-corrected chi connectivity index (χ1v) is 8.39. The minimum Gasteiger partial charge on any atom is -0.497 e. The summed E-state index contributed by atoms with van der Waals surface area (Å²) in [5.74, 6) is 2.97. The highest BCUT2D eigenvalue weighted by molar-refractivity contribution is 5.59. The average molecular weight is 345 g/mol. The first kappa shape index (κ1) is 16.1. The maximum atomic E-state index is 5.20. The zero-order chi connectivity index (χ0) is 17.9. The molecule has 0 aliphatic carbocycles. The Balaban J connectivity index is 1.67. The molecule has 26 heavy (non-hydrogen) atoms. The number of aryl methyl sites for hydroxylation is 1. The molecule has 0 radical (unpaired) electrons. The minimum atomic E-state index is 0.590. The number of nitrogens with zero attached hydrogens (tertiary/aromatic N) is 4. The van der Waals surface area contributed by atoms with Crippen molar-refractivity contribution in [2.75, 3.05) is 12.4 Å². The summed E-state index contributed by atoms with van der Waals surface area (Å²) in [6, 6.07) is 19.9. The Morgan fingerprint density at radius 3 is 2.50 bits per heavy atom. The first-order chi connectivity index (χ1) is 12.7. The Labute approximate surface area is 151 Å². The molecule has 0 unspecified atom stereocenters. The third-order valence-electron chi connectivity index (χ3n) is 4.05. The molecule has 2 aromatic carbocycles. The lowest BCUT2D eigenvalue weighted by Gasteiger charge is -2.09. The Morgan fingerprint density at radius 2 is 1.77 bits per heavy atom. The lowest BCUT2D eigenvalue weighted by Crippen LogP contribution is -2.03. The molecule has 0 spiro atoms. The van der Waals surface area contributed by atoms with E-state index in [1.54, 1.807) is 11.6 Å². The fourth-order valence-electron chi connectivity index (χ4n) is 2.79. The Hall–Kier alpha value is -3.41. The van der Waals surface area contributed by atoms with Gasteiger partial charge in [-0.05, 0) is 36.8 Å². The van der Waals surface area contributed by atoms with Gasteiger partial charge in [-0.3, -0.25) is 0 Å². The topological polar surface area (TPSA) is 64.3 Å². The molecule has 2 heterocycles. The molecule has 0 saturated heterocycles. The molecule has 130 valence electrons. The molecule has 6 nitrogen and oxygen atoms in total. The Kier molecular flexibility index (Phi) is 4.23. The highest BCUT2D eigenvalue weighted by Crippen LogP contribution is 2.21. The second kappa shape index (κ2) is 6.84. The number of fused-ring (bicyclic) bond motifs is 1. The van der Waals surface area contributed by atoms with E-state index in [1.807, 2.05) is 55.5 Å². The third-order valence-corrected chi connectivity index (χ3v) is 4.05. The van der Waals surface area contributed by atoms with Crippen LogP contribution < -0.4 is 10.1 Å². The number of methoxy groups -OCH3 is 1. The van der Waals surface area contributed by atoms with Crippen molar-refractivity contribution in [3.05, 3.63) is 77.7 Å². The average Bonchev–Trinajstić information content (AvgIpc) is 3.05. The van der Waals surface area contributed by atoms with E-state index in [0.717, 1.165) is 28.8 Å². The van der Waals surface area contributed by atoms with Crippen LogP contribution in [0.3, 0.4) is 0 Å². The van der Waals surface area contributed by atoms with Gasteiger partial charge in [0.25, 0.3) is 5.78 Å². The van der Waals surface area contributed by atoms with Crippen LogP contribution in [-0.4, -0.2) is 26.7 Å². The summed E-state index contributed by atoms with van der Waals surface area (Å²) >= 11 is 0. The van der Waals surface area contributed by atoms with Gasteiger partial charge in [0, 0.05) is 23.9 Å². The van der Waals surface area contributed by atoms with Crippen molar-refractivity contribution in [1.82, 2.24) is 19.6 Å². The quantitative estimate of drug-likeness (QED) is 0.596. The van der Waals surface area contributed by atoms with Crippen molar-refractivity contribution in [3.8, 4) is 5.75 Å². The fraction of sp³-hybridized carbons (Fsp3) is 0.150. The molecule has 0 fully saturated rings. The van der Waals surface area contributed by atoms with E-state index >= 15 is 0 Å². The van der Waals surface area contributed by atoms with Crippen molar-refractivity contribution < 1.29 is 4.74 Å². The van der Waals surface area contributed by atoms with Crippen molar-refractivity contribution >= 4 is 17.3 Å². The van der Waals surface area contributed by atoms with Crippen LogP contribution in [0.4, 0.5) is 11.5 Å². The maximum absolute atomic E-state index is 5.20. The van der Waals surface area contributed by atoms with E-state index in [-0.39, 0.29) is 0 Å². The normalized spacial score (nSPS) is 10.8. The molecule has 0 bridgehead atoms. The van der Waals surface area contributed by atoms with Crippen LogP contribution in [0, 0.1) is 6.92 Å². The number of ether oxygens (including phenoxy) is 1. The van der Waals surface area contributed by atoms with E-state index in [2.05, 4.69) is 32.5 Å². The van der Waals surface area contributed by atoms with Gasteiger partial charge in [0.05, 0.1) is 7.11 Å². The molecule has 0 amide bonds. The van der Waals surface area contributed by atoms with E-state index in [0.29, 0.717) is 12.2 Å². The van der Waals surface area contributed by atoms with E-state index < -0.39 is 0 Å². The van der Waals surface area contributed by atoms with E-state index in [4.69, 9.17) is 4.74 Å². The largest absolute Gasteiger partial charge is 0.497 e. The molecule has 0 aliphatic rings. The highest BCUT2D eigenvalue weighted by Gasteiger charge is 2.11. The van der Waals surface area contributed by atoms with E-state index in [1.165, 1.54) is 5.56 Å².